The second kappa shape index (κ2) is 7.20. The first-order chi connectivity index (χ1) is 9.02. The van der Waals surface area contributed by atoms with Gasteiger partial charge in [0.1, 0.15) is 0 Å². The van der Waals surface area contributed by atoms with Gasteiger partial charge in [-0.15, -0.1) is 0 Å². The molecule has 0 atom stereocenters. The van der Waals surface area contributed by atoms with Gasteiger partial charge in [0.2, 0.25) is 0 Å². The fraction of sp³-hybridized carbons (Fsp3) is 0.286. The van der Waals surface area contributed by atoms with Crippen molar-refractivity contribution >= 4 is 23.8 Å². The molecule has 1 aromatic rings. The van der Waals surface area contributed by atoms with Gasteiger partial charge in [0.25, 0.3) is 0 Å². The normalized spacial score (nSPS) is 10.4. The van der Waals surface area contributed by atoms with Crippen molar-refractivity contribution in [3.8, 4) is 0 Å². The number of amides is 2. The molecule has 0 heterocycles. The van der Waals surface area contributed by atoms with Gasteiger partial charge in [0.05, 0.1) is 0 Å². The molecule has 5 heteroatoms. The van der Waals surface area contributed by atoms with Gasteiger partial charge in [0.15, 0.2) is 0 Å². The third-order valence-electron chi connectivity index (χ3n) is 2.47. The summed E-state index contributed by atoms with van der Waals surface area (Å²) in [5, 5.41) is 14.0. The molecule has 0 saturated heterocycles. The number of carboxylic acid groups (broad SMARTS) is 1. The lowest BCUT2D eigenvalue weighted by Crippen LogP contribution is -2.29. The van der Waals surface area contributed by atoms with Crippen LogP contribution in [0.4, 0.5) is 10.5 Å². The van der Waals surface area contributed by atoms with E-state index in [1.54, 1.807) is 18.2 Å². The van der Waals surface area contributed by atoms with Crippen molar-refractivity contribution in [1.29, 1.82) is 0 Å². The first-order valence-corrected chi connectivity index (χ1v) is 6.09. The number of hydrogen-bond acceptors (Lipinski definition) is 2. The molecule has 0 aromatic heterocycles. The minimum Gasteiger partial charge on any atom is -0.478 e. The van der Waals surface area contributed by atoms with Crippen molar-refractivity contribution < 1.29 is 14.7 Å². The maximum Gasteiger partial charge on any atom is 0.328 e. The number of anilines is 1. The number of aryl methyl sites for hydroxylation is 1. The van der Waals surface area contributed by atoms with Gasteiger partial charge in [-0.1, -0.05) is 13.0 Å². The second-order valence-electron chi connectivity index (χ2n) is 4.12. The minimum absolute atomic E-state index is 0.241. The Labute approximate surface area is 112 Å². The molecule has 0 aliphatic rings. The highest BCUT2D eigenvalue weighted by molar-refractivity contribution is 5.90. The number of nitrogens with one attached hydrogen (secondary N) is 2. The smallest absolute Gasteiger partial charge is 0.328 e. The van der Waals surface area contributed by atoms with E-state index in [2.05, 4.69) is 10.6 Å². The Balaban J connectivity index is 2.71. The molecule has 3 N–H and O–H groups in total. The Hall–Kier alpha value is -2.30. The molecule has 0 fully saturated rings. The van der Waals surface area contributed by atoms with E-state index in [0.717, 1.165) is 23.6 Å². The van der Waals surface area contributed by atoms with Crippen LogP contribution in [0.15, 0.2) is 24.3 Å². The predicted molar refractivity (Wildman–Crippen MR) is 75.2 cm³/mol. The van der Waals surface area contributed by atoms with Gasteiger partial charge >= 0.3 is 12.0 Å². The summed E-state index contributed by atoms with van der Waals surface area (Å²) >= 11 is 0. The number of carboxylic acids is 1. The van der Waals surface area contributed by atoms with Gasteiger partial charge in [-0.25, -0.2) is 9.59 Å². The predicted octanol–water partition coefficient (Wildman–Crippen LogP) is 2.62. The molecule has 0 aliphatic heterocycles. The quantitative estimate of drug-likeness (QED) is 0.714. The molecule has 0 bridgehead atoms. The van der Waals surface area contributed by atoms with Gasteiger partial charge in [-0.2, -0.15) is 0 Å². The molecule has 0 unspecified atom stereocenters. The Kier molecular flexibility index (Phi) is 5.60. The van der Waals surface area contributed by atoms with Crippen LogP contribution in [0.1, 0.15) is 24.5 Å². The Morgan fingerprint density at radius 3 is 2.68 bits per heavy atom. The number of hydrogen-bond donors (Lipinski definition) is 3. The van der Waals surface area contributed by atoms with Crippen LogP contribution in [0.25, 0.3) is 6.08 Å². The van der Waals surface area contributed by atoms with Crippen LogP contribution in [0, 0.1) is 6.92 Å². The summed E-state index contributed by atoms with van der Waals surface area (Å²) in [5.74, 6) is -0.986. The highest BCUT2D eigenvalue weighted by Crippen LogP contribution is 2.16. The number of carbonyl (C=O) groups is 2. The summed E-state index contributed by atoms with van der Waals surface area (Å²) in [4.78, 5) is 21.9. The molecule has 102 valence electrons. The van der Waals surface area contributed by atoms with E-state index in [1.165, 1.54) is 6.08 Å². The fourth-order valence-electron chi connectivity index (χ4n) is 1.52. The highest BCUT2D eigenvalue weighted by Gasteiger charge is 2.02. The fourth-order valence-corrected chi connectivity index (χ4v) is 1.52. The first-order valence-electron chi connectivity index (χ1n) is 6.09. The van der Waals surface area contributed by atoms with E-state index in [9.17, 15) is 9.59 Å². The lowest BCUT2D eigenvalue weighted by Gasteiger charge is -2.08. The topological polar surface area (TPSA) is 78.4 Å². The van der Waals surface area contributed by atoms with Crippen LogP contribution < -0.4 is 10.6 Å². The van der Waals surface area contributed by atoms with Crippen molar-refractivity contribution in [3.63, 3.8) is 0 Å². The zero-order chi connectivity index (χ0) is 14.3. The van der Waals surface area contributed by atoms with Crippen LogP contribution in [0.3, 0.4) is 0 Å². The van der Waals surface area contributed by atoms with E-state index >= 15 is 0 Å². The number of carbonyl (C=O) groups excluding carboxylic acids is 1. The maximum atomic E-state index is 11.5. The van der Waals surface area contributed by atoms with Crippen LogP contribution in [-0.4, -0.2) is 23.7 Å². The SMILES string of the molecule is CCCNC(=O)Nc1ccc(C=CC(=O)O)c(C)c1. The van der Waals surface area contributed by atoms with Crippen LogP contribution >= 0.6 is 0 Å². The Morgan fingerprint density at radius 2 is 2.11 bits per heavy atom. The summed E-state index contributed by atoms with van der Waals surface area (Å²) in [6, 6.07) is 5.06. The molecular formula is C14H18N2O3. The molecular weight excluding hydrogens is 244 g/mol. The molecule has 0 radical (unpaired) electrons. The summed E-state index contributed by atoms with van der Waals surface area (Å²) in [6.45, 7) is 4.47. The summed E-state index contributed by atoms with van der Waals surface area (Å²) in [6.07, 6.45) is 3.49. The molecule has 19 heavy (non-hydrogen) atoms. The van der Waals surface area contributed by atoms with E-state index in [0.29, 0.717) is 12.2 Å². The molecule has 5 nitrogen and oxygen atoms in total. The molecule has 0 aliphatic carbocycles. The van der Waals surface area contributed by atoms with Crippen molar-refractivity contribution in [3.05, 3.63) is 35.4 Å². The second-order valence-corrected chi connectivity index (χ2v) is 4.12. The van der Waals surface area contributed by atoms with Crippen LogP contribution in [0.5, 0.6) is 0 Å². The van der Waals surface area contributed by atoms with E-state index in [4.69, 9.17) is 5.11 Å². The third-order valence-corrected chi connectivity index (χ3v) is 2.47. The van der Waals surface area contributed by atoms with E-state index in [-0.39, 0.29) is 6.03 Å². The van der Waals surface area contributed by atoms with Gasteiger partial charge in [-0.3, -0.25) is 0 Å². The maximum absolute atomic E-state index is 11.5. The van der Waals surface area contributed by atoms with Crippen LogP contribution in [0.2, 0.25) is 0 Å². The highest BCUT2D eigenvalue weighted by atomic mass is 16.4. The van der Waals surface area contributed by atoms with Crippen molar-refractivity contribution in [2.75, 3.05) is 11.9 Å². The van der Waals surface area contributed by atoms with Crippen molar-refractivity contribution in [1.82, 2.24) is 5.32 Å². The Morgan fingerprint density at radius 1 is 1.37 bits per heavy atom. The average Bonchev–Trinajstić information content (AvgIpc) is 2.35. The number of benzene rings is 1. The largest absolute Gasteiger partial charge is 0.478 e. The lowest BCUT2D eigenvalue weighted by atomic mass is 10.1. The average molecular weight is 262 g/mol. The van der Waals surface area contributed by atoms with Crippen LogP contribution in [-0.2, 0) is 4.79 Å². The number of aliphatic carboxylic acids is 1. The lowest BCUT2D eigenvalue weighted by molar-refractivity contribution is -0.131. The molecule has 0 saturated carbocycles. The monoisotopic (exact) mass is 262 g/mol. The summed E-state index contributed by atoms with van der Waals surface area (Å²) < 4.78 is 0. The summed E-state index contributed by atoms with van der Waals surface area (Å²) in [7, 11) is 0. The molecule has 1 aromatic carbocycles. The zero-order valence-corrected chi connectivity index (χ0v) is 11.1. The molecule has 0 spiro atoms. The molecule has 2 amide bonds. The third kappa shape index (κ3) is 5.25. The van der Waals surface area contributed by atoms with Crippen molar-refractivity contribution in [2.45, 2.75) is 20.3 Å². The number of rotatable bonds is 5. The van der Waals surface area contributed by atoms with Gasteiger partial charge in [0, 0.05) is 18.3 Å². The zero-order valence-electron chi connectivity index (χ0n) is 11.1. The van der Waals surface area contributed by atoms with E-state index in [1.807, 2.05) is 13.8 Å². The van der Waals surface area contributed by atoms with Crippen molar-refractivity contribution in [2.24, 2.45) is 0 Å². The Bertz CT molecular complexity index is 495. The van der Waals surface area contributed by atoms with Gasteiger partial charge < -0.3 is 15.7 Å². The first kappa shape index (κ1) is 14.8. The van der Waals surface area contributed by atoms with Gasteiger partial charge in [-0.05, 0) is 42.7 Å². The standard InChI is InChI=1S/C14H18N2O3/c1-3-8-15-14(19)16-12-6-4-11(10(2)9-12)5-7-13(17)18/h4-7,9H,3,8H2,1-2H3,(H,17,18)(H2,15,16,19). The summed E-state index contributed by atoms with van der Waals surface area (Å²) in [5.41, 5.74) is 2.38. The van der Waals surface area contributed by atoms with E-state index < -0.39 is 5.97 Å². The molecule has 1 rings (SSSR count). The minimum atomic E-state index is -0.986. The number of urea groups is 1.